The SMILES string of the molecule is CCNC(C)c1ccc(Sc2ccccn2)c(F)c1. The first-order chi connectivity index (χ1) is 9.20. The van der Waals surface area contributed by atoms with Crippen LogP contribution in [0.2, 0.25) is 0 Å². The molecule has 19 heavy (non-hydrogen) atoms. The molecule has 4 heteroatoms. The highest BCUT2D eigenvalue weighted by molar-refractivity contribution is 7.99. The summed E-state index contributed by atoms with van der Waals surface area (Å²) in [4.78, 5) is 4.79. The Morgan fingerprint density at radius 2 is 2.16 bits per heavy atom. The second-order valence-corrected chi connectivity index (χ2v) is 5.30. The second kappa shape index (κ2) is 6.68. The summed E-state index contributed by atoms with van der Waals surface area (Å²) in [5.74, 6) is -0.196. The van der Waals surface area contributed by atoms with Gasteiger partial charge in [0.05, 0.1) is 0 Å². The van der Waals surface area contributed by atoms with E-state index in [1.54, 1.807) is 12.3 Å². The average molecular weight is 276 g/mol. The molecule has 0 radical (unpaired) electrons. The first-order valence-corrected chi connectivity index (χ1v) is 7.14. The molecule has 0 saturated carbocycles. The Bertz CT molecular complexity index is 531. The van der Waals surface area contributed by atoms with Crippen molar-refractivity contribution >= 4 is 11.8 Å². The van der Waals surface area contributed by atoms with Crippen molar-refractivity contribution in [3.8, 4) is 0 Å². The summed E-state index contributed by atoms with van der Waals surface area (Å²) in [6.07, 6.45) is 1.71. The van der Waals surface area contributed by atoms with Gasteiger partial charge in [-0.3, -0.25) is 0 Å². The molecule has 0 saturated heterocycles. The van der Waals surface area contributed by atoms with Crippen molar-refractivity contribution in [2.45, 2.75) is 29.8 Å². The van der Waals surface area contributed by atoms with Crippen LogP contribution in [0.3, 0.4) is 0 Å². The smallest absolute Gasteiger partial charge is 0.137 e. The molecule has 1 unspecified atom stereocenters. The van der Waals surface area contributed by atoms with E-state index in [1.807, 2.05) is 44.2 Å². The van der Waals surface area contributed by atoms with Crippen LogP contribution in [0.15, 0.2) is 52.5 Å². The number of nitrogens with one attached hydrogen (secondary N) is 1. The normalized spacial score (nSPS) is 12.4. The van der Waals surface area contributed by atoms with Crippen LogP contribution in [0.25, 0.3) is 0 Å². The molecule has 1 aromatic carbocycles. The van der Waals surface area contributed by atoms with E-state index >= 15 is 0 Å². The van der Waals surface area contributed by atoms with Gasteiger partial charge in [-0.1, -0.05) is 30.8 Å². The fourth-order valence-electron chi connectivity index (χ4n) is 1.81. The molecular weight excluding hydrogens is 259 g/mol. The number of hydrogen-bond donors (Lipinski definition) is 1. The second-order valence-electron chi connectivity index (χ2n) is 4.24. The predicted octanol–water partition coefficient (Wildman–Crippen LogP) is 4.04. The first-order valence-electron chi connectivity index (χ1n) is 6.32. The van der Waals surface area contributed by atoms with Gasteiger partial charge in [-0.15, -0.1) is 0 Å². The largest absolute Gasteiger partial charge is 0.310 e. The Hall–Kier alpha value is -1.39. The Labute approximate surface area is 117 Å². The zero-order valence-corrected chi connectivity index (χ0v) is 11.9. The molecule has 1 heterocycles. The summed E-state index contributed by atoms with van der Waals surface area (Å²) >= 11 is 1.34. The van der Waals surface area contributed by atoms with Crippen molar-refractivity contribution < 1.29 is 4.39 Å². The number of nitrogens with zero attached hydrogens (tertiary/aromatic N) is 1. The highest BCUT2D eigenvalue weighted by Crippen LogP contribution is 2.29. The third-order valence-electron chi connectivity index (χ3n) is 2.82. The standard InChI is InChI=1S/C15H17FN2S/c1-3-17-11(2)12-7-8-14(13(16)10-12)19-15-6-4-5-9-18-15/h4-11,17H,3H2,1-2H3. The number of pyridine rings is 1. The average Bonchev–Trinajstić information content (AvgIpc) is 2.42. The van der Waals surface area contributed by atoms with E-state index in [0.717, 1.165) is 17.1 Å². The maximum Gasteiger partial charge on any atom is 0.137 e. The zero-order chi connectivity index (χ0) is 13.7. The molecule has 1 aromatic heterocycles. The maximum atomic E-state index is 14.1. The van der Waals surface area contributed by atoms with Gasteiger partial charge in [0.15, 0.2) is 0 Å². The minimum absolute atomic E-state index is 0.161. The van der Waals surface area contributed by atoms with Crippen LogP contribution < -0.4 is 5.32 Å². The third-order valence-corrected chi connectivity index (χ3v) is 3.82. The first kappa shape index (κ1) is 14.0. The fraction of sp³-hybridized carbons (Fsp3) is 0.267. The predicted molar refractivity (Wildman–Crippen MR) is 76.9 cm³/mol. The van der Waals surface area contributed by atoms with Crippen LogP contribution in [0.4, 0.5) is 4.39 Å². The topological polar surface area (TPSA) is 24.9 Å². The Kier molecular flexibility index (Phi) is 4.93. The minimum Gasteiger partial charge on any atom is -0.310 e. The maximum absolute atomic E-state index is 14.1. The number of rotatable bonds is 5. The van der Waals surface area contributed by atoms with Crippen LogP contribution in [0, 0.1) is 5.82 Å². The number of aromatic nitrogens is 1. The lowest BCUT2D eigenvalue weighted by Gasteiger charge is -2.13. The van der Waals surface area contributed by atoms with E-state index in [2.05, 4.69) is 10.3 Å². The van der Waals surface area contributed by atoms with Crippen molar-refractivity contribution in [2.24, 2.45) is 0 Å². The zero-order valence-electron chi connectivity index (χ0n) is 11.1. The summed E-state index contributed by atoms with van der Waals surface area (Å²) in [6.45, 7) is 4.94. The highest BCUT2D eigenvalue weighted by atomic mass is 32.2. The van der Waals surface area contributed by atoms with Gasteiger partial charge < -0.3 is 5.32 Å². The van der Waals surface area contributed by atoms with Crippen LogP contribution in [-0.2, 0) is 0 Å². The molecule has 2 aromatic rings. The molecule has 0 aliphatic rings. The van der Waals surface area contributed by atoms with Crippen molar-refractivity contribution in [3.63, 3.8) is 0 Å². The lowest BCUT2D eigenvalue weighted by Crippen LogP contribution is -2.17. The van der Waals surface area contributed by atoms with Crippen LogP contribution in [0.1, 0.15) is 25.5 Å². The van der Waals surface area contributed by atoms with Crippen LogP contribution in [0.5, 0.6) is 0 Å². The van der Waals surface area contributed by atoms with E-state index < -0.39 is 0 Å². The van der Waals surface area contributed by atoms with Crippen molar-refractivity contribution in [3.05, 3.63) is 54.0 Å². The van der Waals surface area contributed by atoms with E-state index in [4.69, 9.17) is 0 Å². The number of halogens is 1. The Morgan fingerprint density at radius 3 is 2.79 bits per heavy atom. The molecule has 0 amide bonds. The molecule has 0 fully saturated rings. The highest BCUT2D eigenvalue weighted by Gasteiger charge is 2.09. The summed E-state index contributed by atoms with van der Waals surface area (Å²) in [5.41, 5.74) is 0.963. The summed E-state index contributed by atoms with van der Waals surface area (Å²) in [6, 6.07) is 11.2. The van der Waals surface area contributed by atoms with E-state index in [1.165, 1.54) is 11.8 Å². The van der Waals surface area contributed by atoms with E-state index in [-0.39, 0.29) is 11.9 Å². The molecule has 2 rings (SSSR count). The Balaban J connectivity index is 2.15. The molecule has 0 bridgehead atoms. The van der Waals surface area contributed by atoms with E-state index in [9.17, 15) is 4.39 Å². The van der Waals surface area contributed by atoms with Gasteiger partial charge in [0.2, 0.25) is 0 Å². The van der Waals surface area contributed by atoms with E-state index in [0.29, 0.717) is 4.90 Å². The summed E-state index contributed by atoms with van der Waals surface area (Å²) < 4.78 is 14.1. The summed E-state index contributed by atoms with van der Waals surface area (Å²) in [5, 5.41) is 4.07. The molecule has 0 aliphatic heterocycles. The van der Waals surface area contributed by atoms with Crippen molar-refractivity contribution in [1.29, 1.82) is 0 Å². The van der Waals surface area contributed by atoms with Gasteiger partial charge in [0.25, 0.3) is 0 Å². The van der Waals surface area contributed by atoms with Crippen molar-refractivity contribution in [1.82, 2.24) is 10.3 Å². The fourth-order valence-corrected chi connectivity index (χ4v) is 2.59. The molecule has 0 spiro atoms. The lowest BCUT2D eigenvalue weighted by molar-refractivity contribution is 0.572. The van der Waals surface area contributed by atoms with Gasteiger partial charge in [0, 0.05) is 17.1 Å². The Morgan fingerprint density at radius 1 is 1.32 bits per heavy atom. The monoisotopic (exact) mass is 276 g/mol. The summed E-state index contributed by atoms with van der Waals surface area (Å²) in [7, 11) is 0. The molecule has 0 aliphatic carbocycles. The number of hydrogen-bond acceptors (Lipinski definition) is 3. The molecule has 1 N–H and O–H groups in total. The van der Waals surface area contributed by atoms with Gasteiger partial charge in [-0.05, 0) is 43.3 Å². The number of benzene rings is 1. The van der Waals surface area contributed by atoms with Gasteiger partial charge >= 0.3 is 0 Å². The molecule has 2 nitrogen and oxygen atoms in total. The van der Waals surface area contributed by atoms with Crippen molar-refractivity contribution in [2.75, 3.05) is 6.54 Å². The molecule has 1 atom stereocenters. The molecular formula is C15H17FN2S. The quantitative estimate of drug-likeness (QED) is 0.892. The molecule has 100 valence electrons. The third kappa shape index (κ3) is 3.78. The van der Waals surface area contributed by atoms with Gasteiger partial charge in [-0.25, -0.2) is 9.37 Å². The van der Waals surface area contributed by atoms with Gasteiger partial charge in [-0.2, -0.15) is 0 Å². The van der Waals surface area contributed by atoms with Crippen LogP contribution >= 0.6 is 11.8 Å². The minimum atomic E-state index is -0.196. The van der Waals surface area contributed by atoms with Gasteiger partial charge in [0.1, 0.15) is 10.8 Å². The lowest BCUT2D eigenvalue weighted by atomic mass is 10.1. The van der Waals surface area contributed by atoms with Crippen LogP contribution in [-0.4, -0.2) is 11.5 Å².